The van der Waals surface area contributed by atoms with Crippen LogP contribution in [-0.4, -0.2) is 37.5 Å². The highest BCUT2D eigenvalue weighted by molar-refractivity contribution is 9.10. The van der Waals surface area contributed by atoms with Gasteiger partial charge >= 0.3 is 0 Å². The number of thiophene rings is 1. The molecule has 1 aromatic heterocycles. The predicted octanol–water partition coefficient (Wildman–Crippen LogP) is 2.61. The lowest BCUT2D eigenvalue weighted by Gasteiger charge is -2.15. The van der Waals surface area contributed by atoms with Crippen molar-refractivity contribution in [3.8, 4) is 0 Å². The van der Waals surface area contributed by atoms with E-state index in [-0.39, 0.29) is 18.3 Å². The van der Waals surface area contributed by atoms with Gasteiger partial charge in [-0.05, 0) is 47.9 Å². The Kier molecular flexibility index (Phi) is 5.92. The van der Waals surface area contributed by atoms with Crippen LogP contribution in [-0.2, 0) is 0 Å². The van der Waals surface area contributed by atoms with Crippen LogP contribution in [0.25, 0.3) is 0 Å². The summed E-state index contributed by atoms with van der Waals surface area (Å²) >= 11 is 4.88. The van der Waals surface area contributed by atoms with Crippen LogP contribution in [0.5, 0.6) is 0 Å². The van der Waals surface area contributed by atoms with E-state index < -0.39 is 0 Å². The van der Waals surface area contributed by atoms with Crippen molar-refractivity contribution in [2.45, 2.75) is 6.42 Å². The molecule has 0 bridgehead atoms. The van der Waals surface area contributed by atoms with Crippen LogP contribution in [0.2, 0.25) is 0 Å². The van der Waals surface area contributed by atoms with Gasteiger partial charge in [0.1, 0.15) is 0 Å². The van der Waals surface area contributed by atoms with Crippen LogP contribution in [0.1, 0.15) is 16.1 Å². The maximum Gasteiger partial charge on any atom is 0.263 e. The summed E-state index contributed by atoms with van der Waals surface area (Å²) in [5, 5.41) is 5.12. The number of nitrogens with zero attached hydrogens (tertiary/aromatic N) is 1. The first kappa shape index (κ1) is 15.0. The maximum absolute atomic E-state index is 12.1. The molecule has 0 spiro atoms. The summed E-state index contributed by atoms with van der Waals surface area (Å²) in [5.74, 6) is 0.784. The van der Waals surface area contributed by atoms with Crippen molar-refractivity contribution in [2.75, 3.05) is 26.7 Å². The van der Waals surface area contributed by atoms with Gasteiger partial charge in [-0.1, -0.05) is 0 Å². The van der Waals surface area contributed by atoms with Gasteiger partial charge in [0.2, 0.25) is 0 Å². The van der Waals surface area contributed by atoms with Gasteiger partial charge in [-0.25, -0.2) is 0 Å². The first-order chi connectivity index (χ1) is 7.70. The van der Waals surface area contributed by atoms with Gasteiger partial charge in [0.15, 0.2) is 0 Å². The minimum Gasteiger partial charge on any atom is -0.338 e. The Morgan fingerprint density at radius 1 is 1.71 bits per heavy atom. The van der Waals surface area contributed by atoms with Crippen molar-refractivity contribution in [1.82, 2.24) is 10.2 Å². The molecule has 2 rings (SSSR count). The van der Waals surface area contributed by atoms with Crippen LogP contribution in [0.4, 0.5) is 0 Å². The van der Waals surface area contributed by atoms with Crippen LogP contribution >= 0.6 is 39.7 Å². The third-order valence-corrected chi connectivity index (χ3v) is 4.52. The van der Waals surface area contributed by atoms with Crippen molar-refractivity contribution in [2.24, 2.45) is 5.92 Å². The standard InChI is InChI=1S/C11H15BrN2OS.ClH/c1-13-5-8-2-3-14(6-8)11(15)10-4-9(12)7-16-10;/h4,7-8,13H,2-3,5-6H2,1H3;1H. The quantitative estimate of drug-likeness (QED) is 0.918. The number of hydrogen-bond donors (Lipinski definition) is 1. The molecule has 0 aliphatic carbocycles. The van der Waals surface area contributed by atoms with Gasteiger partial charge in [-0.3, -0.25) is 4.79 Å². The Bertz CT molecular complexity index is 385. The molecule has 3 nitrogen and oxygen atoms in total. The van der Waals surface area contributed by atoms with Crippen LogP contribution in [0, 0.1) is 5.92 Å². The number of likely N-dealkylation sites (tertiary alicyclic amines) is 1. The molecule has 1 saturated heterocycles. The molecule has 0 saturated carbocycles. The molecule has 1 N–H and O–H groups in total. The van der Waals surface area contributed by atoms with Gasteiger partial charge in [-0.2, -0.15) is 0 Å². The molecule has 1 aliphatic rings. The fraction of sp³-hybridized carbons (Fsp3) is 0.545. The van der Waals surface area contributed by atoms with E-state index in [0.717, 1.165) is 35.4 Å². The number of rotatable bonds is 3. The monoisotopic (exact) mass is 338 g/mol. The Morgan fingerprint density at radius 3 is 3.06 bits per heavy atom. The molecule has 1 amide bonds. The van der Waals surface area contributed by atoms with Crippen LogP contribution in [0.3, 0.4) is 0 Å². The Labute approximate surface area is 120 Å². The summed E-state index contributed by atoms with van der Waals surface area (Å²) in [6, 6.07) is 1.90. The van der Waals surface area contributed by atoms with Crippen molar-refractivity contribution in [1.29, 1.82) is 0 Å². The number of nitrogens with one attached hydrogen (secondary N) is 1. The van der Waals surface area contributed by atoms with Crippen molar-refractivity contribution >= 4 is 45.6 Å². The Balaban J connectivity index is 0.00000144. The largest absolute Gasteiger partial charge is 0.338 e. The van der Waals surface area contributed by atoms with E-state index in [0.29, 0.717) is 5.92 Å². The fourth-order valence-corrected chi connectivity index (χ4v) is 3.45. The van der Waals surface area contributed by atoms with E-state index in [2.05, 4.69) is 21.2 Å². The topological polar surface area (TPSA) is 32.3 Å². The lowest BCUT2D eigenvalue weighted by molar-refractivity contribution is 0.0792. The van der Waals surface area contributed by atoms with Crippen LogP contribution in [0.15, 0.2) is 15.9 Å². The number of hydrogen-bond acceptors (Lipinski definition) is 3. The molecule has 96 valence electrons. The number of amides is 1. The predicted molar refractivity (Wildman–Crippen MR) is 77.2 cm³/mol. The first-order valence-corrected chi connectivity index (χ1v) is 7.06. The molecular weight excluding hydrogens is 324 g/mol. The molecule has 2 heterocycles. The first-order valence-electron chi connectivity index (χ1n) is 5.38. The highest BCUT2D eigenvalue weighted by Crippen LogP contribution is 2.24. The summed E-state index contributed by atoms with van der Waals surface area (Å²) in [7, 11) is 1.96. The molecule has 1 unspecified atom stereocenters. The molecule has 1 aromatic rings. The zero-order chi connectivity index (χ0) is 11.5. The Hall–Kier alpha value is -0.100. The third-order valence-electron chi connectivity index (χ3n) is 2.84. The van der Waals surface area contributed by atoms with Gasteiger partial charge in [0.05, 0.1) is 4.88 Å². The molecule has 1 fully saturated rings. The summed E-state index contributed by atoms with van der Waals surface area (Å²) in [6.07, 6.45) is 1.11. The minimum absolute atomic E-state index is 0. The average Bonchev–Trinajstić information content (AvgIpc) is 2.87. The number of carbonyl (C=O) groups is 1. The van der Waals surface area contributed by atoms with Crippen molar-refractivity contribution < 1.29 is 4.79 Å². The third kappa shape index (κ3) is 3.68. The lowest BCUT2D eigenvalue weighted by Crippen LogP contribution is -2.29. The molecule has 0 aromatic carbocycles. The SMILES string of the molecule is CNCC1CCN(C(=O)c2cc(Br)cs2)C1.Cl. The van der Waals surface area contributed by atoms with E-state index in [1.165, 1.54) is 11.3 Å². The number of carbonyl (C=O) groups excluding carboxylic acids is 1. The van der Waals surface area contributed by atoms with Crippen molar-refractivity contribution in [3.05, 3.63) is 20.8 Å². The summed E-state index contributed by atoms with van der Waals surface area (Å²) < 4.78 is 0.992. The second-order valence-corrected chi connectivity index (χ2v) is 5.92. The zero-order valence-electron chi connectivity index (χ0n) is 9.61. The lowest BCUT2D eigenvalue weighted by atomic mass is 10.1. The molecular formula is C11H16BrClN2OS. The van der Waals surface area contributed by atoms with E-state index in [1.54, 1.807) is 0 Å². The Morgan fingerprint density at radius 2 is 2.47 bits per heavy atom. The minimum atomic E-state index is 0. The van der Waals surface area contributed by atoms with Gasteiger partial charge in [-0.15, -0.1) is 23.7 Å². The van der Waals surface area contributed by atoms with Gasteiger partial charge < -0.3 is 10.2 Å². The highest BCUT2D eigenvalue weighted by atomic mass is 79.9. The molecule has 6 heteroatoms. The second-order valence-electron chi connectivity index (χ2n) is 4.09. The highest BCUT2D eigenvalue weighted by Gasteiger charge is 2.26. The summed E-state index contributed by atoms with van der Waals surface area (Å²) in [5.41, 5.74) is 0. The van der Waals surface area contributed by atoms with E-state index in [4.69, 9.17) is 0 Å². The average molecular weight is 340 g/mol. The van der Waals surface area contributed by atoms with Gasteiger partial charge in [0, 0.05) is 22.9 Å². The second kappa shape index (κ2) is 6.73. The smallest absolute Gasteiger partial charge is 0.263 e. The van der Waals surface area contributed by atoms with E-state index in [9.17, 15) is 4.79 Å². The normalized spacial score (nSPS) is 19.2. The zero-order valence-corrected chi connectivity index (χ0v) is 12.8. The van der Waals surface area contributed by atoms with Crippen LogP contribution < -0.4 is 5.32 Å². The van der Waals surface area contributed by atoms with Crippen molar-refractivity contribution in [3.63, 3.8) is 0 Å². The fourth-order valence-electron chi connectivity index (χ4n) is 2.05. The summed E-state index contributed by atoms with van der Waals surface area (Å²) in [6.45, 7) is 2.77. The van der Waals surface area contributed by atoms with E-state index in [1.807, 2.05) is 23.4 Å². The molecule has 17 heavy (non-hydrogen) atoms. The molecule has 0 radical (unpaired) electrons. The molecule has 1 atom stereocenters. The van der Waals surface area contributed by atoms with Gasteiger partial charge in [0.25, 0.3) is 5.91 Å². The molecule has 1 aliphatic heterocycles. The summed E-state index contributed by atoms with van der Waals surface area (Å²) in [4.78, 5) is 14.9. The number of halogens is 2. The maximum atomic E-state index is 12.1. The van der Waals surface area contributed by atoms with E-state index >= 15 is 0 Å².